The van der Waals surface area contributed by atoms with Crippen LogP contribution in [0.4, 0.5) is 0 Å². The third-order valence-corrected chi connectivity index (χ3v) is 2.94. The lowest BCUT2D eigenvalue weighted by atomic mass is 9.86. The van der Waals surface area contributed by atoms with Crippen LogP contribution >= 0.6 is 0 Å². The Morgan fingerprint density at radius 1 is 1.50 bits per heavy atom. The second kappa shape index (κ2) is 5.72. The Labute approximate surface area is 110 Å². The molecule has 4 heteroatoms. The van der Waals surface area contributed by atoms with Gasteiger partial charge in [-0.1, -0.05) is 34.6 Å². The highest BCUT2D eigenvalue weighted by atomic mass is 16.5. The van der Waals surface area contributed by atoms with Gasteiger partial charge >= 0.3 is 0 Å². The van der Waals surface area contributed by atoms with Crippen molar-refractivity contribution in [1.29, 1.82) is 0 Å². The zero-order valence-electron chi connectivity index (χ0n) is 12.4. The largest absolute Gasteiger partial charge is 0.477 e. The zero-order valence-corrected chi connectivity index (χ0v) is 12.4. The van der Waals surface area contributed by atoms with E-state index in [0.717, 1.165) is 6.42 Å². The SMILES string of the molecule is CC(=O)N[C@H](C1=N[C@H](CC(C)C)CO1)C(C)(C)C. The van der Waals surface area contributed by atoms with Crippen LogP contribution in [0.5, 0.6) is 0 Å². The summed E-state index contributed by atoms with van der Waals surface area (Å²) >= 11 is 0. The van der Waals surface area contributed by atoms with Crippen molar-refractivity contribution in [3.05, 3.63) is 0 Å². The minimum atomic E-state index is -0.146. The summed E-state index contributed by atoms with van der Waals surface area (Å²) in [6.07, 6.45) is 1.03. The summed E-state index contributed by atoms with van der Waals surface area (Å²) in [5.41, 5.74) is -0.1000. The van der Waals surface area contributed by atoms with Gasteiger partial charge in [0.15, 0.2) is 0 Å². The fourth-order valence-corrected chi connectivity index (χ4v) is 2.11. The van der Waals surface area contributed by atoms with E-state index < -0.39 is 0 Å². The third-order valence-electron chi connectivity index (χ3n) is 2.94. The average molecular weight is 254 g/mol. The molecule has 0 unspecified atom stereocenters. The molecule has 1 rings (SSSR count). The summed E-state index contributed by atoms with van der Waals surface area (Å²) in [4.78, 5) is 15.9. The highest BCUT2D eigenvalue weighted by molar-refractivity contribution is 5.88. The van der Waals surface area contributed by atoms with Gasteiger partial charge in [0, 0.05) is 6.92 Å². The summed E-state index contributed by atoms with van der Waals surface area (Å²) < 4.78 is 5.69. The molecule has 0 saturated carbocycles. The van der Waals surface area contributed by atoms with Gasteiger partial charge in [-0.05, 0) is 17.8 Å². The molecule has 0 fully saturated rings. The maximum absolute atomic E-state index is 11.3. The number of carbonyl (C=O) groups is 1. The van der Waals surface area contributed by atoms with Crippen LogP contribution < -0.4 is 5.32 Å². The van der Waals surface area contributed by atoms with Crippen LogP contribution in [0.1, 0.15) is 48.0 Å². The molecule has 0 aromatic heterocycles. The van der Waals surface area contributed by atoms with Crippen molar-refractivity contribution in [3.63, 3.8) is 0 Å². The van der Waals surface area contributed by atoms with Gasteiger partial charge in [-0.3, -0.25) is 4.79 Å². The summed E-state index contributed by atoms with van der Waals surface area (Å²) in [5, 5.41) is 2.94. The molecule has 0 spiro atoms. The van der Waals surface area contributed by atoms with Gasteiger partial charge in [0.2, 0.25) is 11.8 Å². The monoisotopic (exact) mass is 254 g/mol. The number of hydrogen-bond donors (Lipinski definition) is 1. The highest BCUT2D eigenvalue weighted by Gasteiger charge is 2.35. The standard InChI is InChI=1S/C14H26N2O2/c1-9(2)7-11-8-18-13(16-11)12(14(4,5)6)15-10(3)17/h9,11-12H,7-8H2,1-6H3,(H,15,17)/t11-,12-/m1/s1. The number of amides is 1. The zero-order chi connectivity index (χ0) is 13.9. The second-order valence-corrected chi connectivity index (χ2v) is 6.56. The Balaban J connectivity index is 2.78. The molecule has 1 aliphatic heterocycles. The van der Waals surface area contributed by atoms with E-state index in [1.165, 1.54) is 6.92 Å². The summed E-state index contributed by atoms with van der Waals surface area (Å²) in [5.74, 6) is 1.24. The molecule has 1 heterocycles. The Bertz CT molecular complexity index is 329. The summed E-state index contributed by atoms with van der Waals surface area (Å²) in [6.45, 7) is 12.8. The molecule has 4 nitrogen and oxygen atoms in total. The van der Waals surface area contributed by atoms with E-state index in [1.54, 1.807) is 0 Å². The van der Waals surface area contributed by atoms with Gasteiger partial charge in [0.1, 0.15) is 12.6 Å². The topological polar surface area (TPSA) is 50.7 Å². The van der Waals surface area contributed by atoms with Crippen molar-refractivity contribution >= 4 is 11.8 Å². The number of nitrogens with one attached hydrogen (secondary N) is 1. The van der Waals surface area contributed by atoms with Crippen molar-refractivity contribution in [1.82, 2.24) is 5.32 Å². The molecular formula is C14H26N2O2. The number of ether oxygens (including phenoxy) is 1. The first kappa shape index (κ1) is 15.0. The fourth-order valence-electron chi connectivity index (χ4n) is 2.11. The Morgan fingerprint density at radius 2 is 2.11 bits per heavy atom. The van der Waals surface area contributed by atoms with Crippen LogP contribution in [-0.2, 0) is 9.53 Å². The van der Waals surface area contributed by atoms with E-state index >= 15 is 0 Å². The van der Waals surface area contributed by atoms with Crippen LogP contribution in [0.25, 0.3) is 0 Å². The van der Waals surface area contributed by atoms with Crippen LogP contribution in [0, 0.1) is 11.3 Å². The Kier molecular flexibility index (Phi) is 4.77. The molecule has 104 valence electrons. The van der Waals surface area contributed by atoms with Gasteiger partial charge < -0.3 is 10.1 Å². The van der Waals surface area contributed by atoms with Crippen LogP contribution in [-0.4, -0.2) is 30.5 Å². The molecule has 0 aromatic rings. The lowest BCUT2D eigenvalue weighted by molar-refractivity contribution is -0.119. The van der Waals surface area contributed by atoms with Crippen LogP contribution in [0.15, 0.2) is 4.99 Å². The van der Waals surface area contributed by atoms with Crippen molar-refractivity contribution in [3.8, 4) is 0 Å². The molecule has 0 aromatic carbocycles. The molecule has 18 heavy (non-hydrogen) atoms. The first-order valence-electron chi connectivity index (χ1n) is 6.67. The van der Waals surface area contributed by atoms with Crippen molar-refractivity contribution in [2.45, 2.75) is 60.0 Å². The first-order valence-corrected chi connectivity index (χ1v) is 6.67. The molecule has 0 radical (unpaired) electrons. The smallest absolute Gasteiger partial charge is 0.217 e. The minimum absolute atomic E-state index is 0.0477. The molecule has 0 bridgehead atoms. The van der Waals surface area contributed by atoms with E-state index in [-0.39, 0.29) is 23.4 Å². The van der Waals surface area contributed by atoms with E-state index in [0.29, 0.717) is 18.4 Å². The van der Waals surface area contributed by atoms with Crippen LogP contribution in [0.2, 0.25) is 0 Å². The maximum atomic E-state index is 11.3. The number of carbonyl (C=O) groups excluding carboxylic acids is 1. The number of hydrogen-bond acceptors (Lipinski definition) is 3. The molecule has 2 atom stereocenters. The third kappa shape index (κ3) is 4.31. The summed E-state index contributed by atoms with van der Waals surface area (Å²) in [6, 6.07) is 0.0887. The van der Waals surface area contributed by atoms with E-state index in [1.807, 2.05) is 0 Å². The molecular weight excluding hydrogens is 228 g/mol. The van der Waals surface area contributed by atoms with E-state index in [2.05, 4.69) is 44.9 Å². The van der Waals surface area contributed by atoms with Crippen LogP contribution in [0.3, 0.4) is 0 Å². The normalized spacial score (nSPS) is 21.5. The van der Waals surface area contributed by atoms with Crippen molar-refractivity contribution < 1.29 is 9.53 Å². The lowest BCUT2D eigenvalue weighted by Gasteiger charge is -2.30. The molecule has 1 amide bonds. The predicted octanol–water partition coefficient (Wildman–Crippen LogP) is 2.38. The fraction of sp³-hybridized carbons (Fsp3) is 0.857. The van der Waals surface area contributed by atoms with E-state index in [9.17, 15) is 4.79 Å². The first-order chi connectivity index (χ1) is 8.20. The van der Waals surface area contributed by atoms with Crippen molar-refractivity contribution in [2.24, 2.45) is 16.3 Å². The van der Waals surface area contributed by atoms with Gasteiger partial charge in [-0.25, -0.2) is 4.99 Å². The van der Waals surface area contributed by atoms with Gasteiger partial charge in [-0.2, -0.15) is 0 Å². The average Bonchev–Trinajstić information content (AvgIpc) is 2.59. The molecule has 0 aliphatic carbocycles. The Hall–Kier alpha value is -1.06. The van der Waals surface area contributed by atoms with Gasteiger partial charge in [-0.15, -0.1) is 0 Å². The molecule has 1 N–H and O–H groups in total. The molecule has 0 saturated heterocycles. The summed E-state index contributed by atoms with van der Waals surface area (Å²) in [7, 11) is 0. The highest BCUT2D eigenvalue weighted by Crippen LogP contribution is 2.25. The lowest BCUT2D eigenvalue weighted by Crippen LogP contribution is -2.48. The maximum Gasteiger partial charge on any atom is 0.217 e. The minimum Gasteiger partial charge on any atom is -0.477 e. The second-order valence-electron chi connectivity index (χ2n) is 6.56. The predicted molar refractivity (Wildman–Crippen MR) is 73.7 cm³/mol. The van der Waals surface area contributed by atoms with Gasteiger partial charge in [0.25, 0.3) is 0 Å². The number of rotatable bonds is 4. The van der Waals surface area contributed by atoms with Crippen molar-refractivity contribution in [2.75, 3.05) is 6.61 Å². The van der Waals surface area contributed by atoms with E-state index in [4.69, 9.17) is 4.74 Å². The number of nitrogens with zero attached hydrogens (tertiary/aromatic N) is 1. The Morgan fingerprint density at radius 3 is 2.56 bits per heavy atom. The number of aliphatic imine (C=N–C) groups is 1. The van der Waals surface area contributed by atoms with Gasteiger partial charge in [0.05, 0.1) is 6.04 Å². The quantitative estimate of drug-likeness (QED) is 0.837. The molecule has 1 aliphatic rings.